The molecule has 0 aliphatic carbocycles. The van der Waals surface area contributed by atoms with E-state index in [0.717, 1.165) is 12.1 Å². The molecular formula is C14H22N4. The van der Waals surface area contributed by atoms with Gasteiger partial charge in [0.25, 0.3) is 0 Å². The van der Waals surface area contributed by atoms with Gasteiger partial charge in [-0.3, -0.25) is 0 Å². The van der Waals surface area contributed by atoms with Gasteiger partial charge in [-0.25, -0.2) is 4.68 Å². The summed E-state index contributed by atoms with van der Waals surface area (Å²) in [5.74, 6) is 0. The lowest BCUT2D eigenvalue weighted by atomic mass is 9.98. The summed E-state index contributed by atoms with van der Waals surface area (Å²) < 4.78 is 4.14. The standard InChI is InChI=1S/C14H22N4/c1-13(2,3)18-11-12(15-16-18)10-14(4,5)17-8-6-7-9-17/h6-9,11H,10H2,1-5H3. The predicted molar refractivity (Wildman–Crippen MR) is 72.5 cm³/mol. The molecule has 98 valence electrons. The smallest absolute Gasteiger partial charge is 0.0850 e. The van der Waals surface area contributed by atoms with Crippen LogP contribution in [0.2, 0.25) is 0 Å². The Hall–Kier alpha value is -1.58. The molecule has 0 atom stereocenters. The minimum atomic E-state index is -0.0111. The van der Waals surface area contributed by atoms with Crippen LogP contribution in [0.4, 0.5) is 0 Å². The Kier molecular flexibility index (Phi) is 3.05. The molecule has 18 heavy (non-hydrogen) atoms. The average molecular weight is 246 g/mol. The zero-order chi connectivity index (χ0) is 13.4. The van der Waals surface area contributed by atoms with Crippen LogP contribution < -0.4 is 0 Å². The third-order valence-electron chi connectivity index (χ3n) is 3.15. The second-order valence-electron chi connectivity index (χ2n) is 6.40. The van der Waals surface area contributed by atoms with Crippen molar-refractivity contribution in [2.24, 2.45) is 0 Å². The molecular weight excluding hydrogens is 224 g/mol. The SMILES string of the molecule is CC(C)(C)n1cc(CC(C)(C)n2cccc2)nn1. The second-order valence-corrected chi connectivity index (χ2v) is 6.40. The van der Waals surface area contributed by atoms with Crippen LogP contribution in [0, 0.1) is 0 Å². The van der Waals surface area contributed by atoms with E-state index in [1.54, 1.807) is 0 Å². The molecule has 4 heteroatoms. The van der Waals surface area contributed by atoms with E-state index < -0.39 is 0 Å². The van der Waals surface area contributed by atoms with Crippen LogP contribution >= 0.6 is 0 Å². The lowest BCUT2D eigenvalue weighted by Gasteiger charge is -2.26. The quantitative estimate of drug-likeness (QED) is 0.835. The van der Waals surface area contributed by atoms with Gasteiger partial charge in [-0.15, -0.1) is 5.10 Å². The first kappa shape index (κ1) is 12.9. The van der Waals surface area contributed by atoms with Gasteiger partial charge >= 0.3 is 0 Å². The maximum atomic E-state index is 4.28. The number of aromatic nitrogens is 4. The predicted octanol–water partition coefficient (Wildman–Crippen LogP) is 2.81. The van der Waals surface area contributed by atoms with E-state index in [1.807, 2.05) is 23.0 Å². The van der Waals surface area contributed by atoms with Crippen molar-refractivity contribution in [1.82, 2.24) is 19.6 Å². The molecule has 4 nitrogen and oxygen atoms in total. The van der Waals surface area contributed by atoms with Crippen LogP contribution in [0.25, 0.3) is 0 Å². The first-order valence-electron chi connectivity index (χ1n) is 6.34. The van der Waals surface area contributed by atoms with E-state index in [0.29, 0.717) is 0 Å². The Labute approximate surface area is 109 Å². The Morgan fingerprint density at radius 2 is 1.67 bits per heavy atom. The van der Waals surface area contributed by atoms with Gasteiger partial charge in [0, 0.05) is 30.6 Å². The fourth-order valence-electron chi connectivity index (χ4n) is 1.98. The molecule has 0 saturated heterocycles. The molecule has 2 rings (SSSR count). The summed E-state index contributed by atoms with van der Waals surface area (Å²) in [6, 6.07) is 4.10. The molecule has 0 N–H and O–H groups in total. The third-order valence-corrected chi connectivity index (χ3v) is 3.15. The Morgan fingerprint density at radius 1 is 1.06 bits per heavy atom. The van der Waals surface area contributed by atoms with E-state index in [1.165, 1.54) is 0 Å². The van der Waals surface area contributed by atoms with Gasteiger partial charge in [-0.05, 0) is 46.8 Å². The molecule has 0 aliphatic rings. The van der Waals surface area contributed by atoms with Crippen molar-refractivity contribution >= 4 is 0 Å². The molecule has 0 aliphatic heterocycles. The molecule has 2 heterocycles. The molecule has 0 amide bonds. The van der Waals surface area contributed by atoms with Crippen molar-refractivity contribution < 1.29 is 0 Å². The van der Waals surface area contributed by atoms with Crippen LogP contribution in [0.5, 0.6) is 0 Å². The van der Waals surface area contributed by atoms with E-state index in [9.17, 15) is 0 Å². The van der Waals surface area contributed by atoms with E-state index in [2.05, 4.69) is 61.9 Å². The maximum absolute atomic E-state index is 4.28. The summed E-state index contributed by atoms with van der Waals surface area (Å²) in [4.78, 5) is 0. The molecule has 0 aromatic carbocycles. The highest BCUT2D eigenvalue weighted by Crippen LogP contribution is 2.21. The van der Waals surface area contributed by atoms with Crippen molar-refractivity contribution in [1.29, 1.82) is 0 Å². The van der Waals surface area contributed by atoms with E-state index in [4.69, 9.17) is 0 Å². The molecule has 2 aromatic rings. The molecule has 0 radical (unpaired) electrons. The number of hydrogen-bond donors (Lipinski definition) is 0. The van der Waals surface area contributed by atoms with Gasteiger partial charge in [0.1, 0.15) is 0 Å². The highest BCUT2D eigenvalue weighted by atomic mass is 15.4. The summed E-state index contributed by atoms with van der Waals surface area (Å²) in [5, 5.41) is 8.49. The van der Waals surface area contributed by atoms with E-state index >= 15 is 0 Å². The molecule has 0 spiro atoms. The Balaban J connectivity index is 2.17. The lowest BCUT2D eigenvalue weighted by molar-refractivity contribution is 0.345. The molecule has 0 bridgehead atoms. The van der Waals surface area contributed by atoms with Crippen molar-refractivity contribution in [2.45, 2.75) is 52.1 Å². The monoisotopic (exact) mass is 246 g/mol. The van der Waals surface area contributed by atoms with Gasteiger partial charge in [0.05, 0.1) is 11.2 Å². The lowest BCUT2D eigenvalue weighted by Crippen LogP contribution is -2.27. The Morgan fingerprint density at radius 3 is 2.17 bits per heavy atom. The van der Waals surface area contributed by atoms with Crippen LogP contribution in [0.1, 0.15) is 40.3 Å². The number of hydrogen-bond acceptors (Lipinski definition) is 2. The minimum Gasteiger partial charge on any atom is -0.348 e. The van der Waals surface area contributed by atoms with Crippen LogP contribution in [-0.4, -0.2) is 19.6 Å². The maximum Gasteiger partial charge on any atom is 0.0850 e. The zero-order valence-corrected chi connectivity index (χ0v) is 11.9. The van der Waals surface area contributed by atoms with Crippen LogP contribution in [-0.2, 0) is 17.5 Å². The third kappa shape index (κ3) is 2.63. The minimum absolute atomic E-state index is 0.0111. The summed E-state index contributed by atoms with van der Waals surface area (Å²) in [6.45, 7) is 10.8. The topological polar surface area (TPSA) is 35.6 Å². The van der Waals surface area contributed by atoms with Gasteiger partial charge < -0.3 is 4.57 Å². The van der Waals surface area contributed by atoms with Gasteiger partial charge in [0.15, 0.2) is 0 Å². The summed E-state index contributed by atoms with van der Waals surface area (Å²) in [7, 11) is 0. The summed E-state index contributed by atoms with van der Waals surface area (Å²) in [6.07, 6.45) is 7.10. The van der Waals surface area contributed by atoms with Crippen molar-refractivity contribution in [2.75, 3.05) is 0 Å². The molecule has 0 fully saturated rings. The molecule has 0 saturated carbocycles. The van der Waals surface area contributed by atoms with Crippen LogP contribution in [0.3, 0.4) is 0 Å². The number of nitrogens with zero attached hydrogens (tertiary/aromatic N) is 4. The van der Waals surface area contributed by atoms with Crippen LogP contribution in [0.15, 0.2) is 30.7 Å². The Bertz CT molecular complexity index is 500. The fraction of sp³-hybridized carbons (Fsp3) is 0.571. The summed E-state index contributed by atoms with van der Waals surface area (Å²) >= 11 is 0. The van der Waals surface area contributed by atoms with Crippen molar-refractivity contribution in [3.05, 3.63) is 36.4 Å². The average Bonchev–Trinajstić information content (AvgIpc) is 2.83. The fourth-order valence-corrected chi connectivity index (χ4v) is 1.98. The van der Waals surface area contributed by atoms with Gasteiger partial charge in [0.2, 0.25) is 0 Å². The summed E-state index contributed by atoms with van der Waals surface area (Å²) in [5.41, 5.74) is 1.04. The van der Waals surface area contributed by atoms with Crippen molar-refractivity contribution in [3.8, 4) is 0 Å². The first-order chi connectivity index (χ1) is 8.29. The molecule has 0 unspecified atom stereocenters. The highest BCUT2D eigenvalue weighted by Gasteiger charge is 2.23. The van der Waals surface area contributed by atoms with E-state index in [-0.39, 0.29) is 11.1 Å². The largest absolute Gasteiger partial charge is 0.348 e. The second kappa shape index (κ2) is 4.26. The van der Waals surface area contributed by atoms with Gasteiger partial charge in [-0.1, -0.05) is 5.21 Å². The first-order valence-corrected chi connectivity index (χ1v) is 6.34. The highest BCUT2D eigenvalue weighted by molar-refractivity contribution is 5.04. The van der Waals surface area contributed by atoms with Crippen molar-refractivity contribution in [3.63, 3.8) is 0 Å². The zero-order valence-electron chi connectivity index (χ0n) is 11.9. The number of rotatable bonds is 3. The molecule has 2 aromatic heterocycles. The van der Waals surface area contributed by atoms with Gasteiger partial charge in [-0.2, -0.15) is 0 Å². The normalized spacial score (nSPS) is 12.9.